The molecule has 0 fully saturated rings. The summed E-state index contributed by atoms with van der Waals surface area (Å²) in [4.78, 5) is 8.99. The van der Waals surface area contributed by atoms with Crippen molar-refractivity contribution < 1.29 is 13.0 Å². The summed E-state index contributed by atoms with van der Waals surface area (Å²) in [6.45, 7) is 4.02. The third-order valence-corrected chi connectivity index (χ3v) is 6.93. The fourth-order valence-electron chi connectivity index (χ4n) is 3.72. The molecule has 0 amide bonds. The number of fused-ring (bicyclic) bond motifs is 2. The first-order chi connectivity index (χ1) is 13.8. The zero-order valence-corrected chi connectivity index (χ0v) is 17.9. The van der Waals surface area contributed by atoms with Crippen molar-refractivity contribution in [1.29, 1.82) is 0 Å². The fourth-order valence-corrected chi connectivity index (χ4v) is 5.30. The standard InChI is InChI=1S/C22H22N2O3S2/c1-15-9-10-21-19(14-15)24(17-7-3-4-8-20(17)28-21)18(11-13-29(25,26)27)22-16(2)6-5-12-23-22/h3-10,12,14,18H,11,13H2,1-2H3,(H,25,26,27). The monoisotopic (exact) mass is 426 g/mol. The molecular formula is C22H22N2O3S2. The van der Waals surface area contributed by atoms with E-state index in [0.717, 1.165) is 38.0 Å². The SMILES string of the molecule is Cc1ccc2c(c1)N(C(CCS(=O)(=O)O)c1ncccc1C)c1ccccc1S2. The Morgan fingerprint density at radius 1 is 1.03 bits per heavy atom. The lowest BCUT2D eigenvalue weighted by molar-refractivity contribution is 0.476. The van der Waals surface area contributed by atoms with E-state index < -0.39 is 10.1 Å². The third kappa shape index (κ3) is 4.17. The highest BCUT2D eigenvalue weighted by Gasteiger charge is 2.32. The number of rotatable bonds is 5. The van der Waals surface area contributed by atoms with Crippen LogP contribution in [-0.2, 0) is 10.1 Å². The minimum atomic E-state index is -4.10. The topological polar surface area (TPSA) is 70.5 Å². The molecule has 5 nitrogen and oxygen atoms in total. The lowest BCUT2D eigenvalue weighted by atomic mass is 10.0. The molecule has 0 saturated carbocycles. The zero-order valence-electron chi connectivity index (χ0n) is 16.2. The first-order valence-electron chi connectivity index (χ1n) is 9.37. The molecule has 7 heteroatoms. The van der Waals surface area contributed by atoms with Crippen molar-refractivity contribution >= 4 is 33.3 Å². The maximum Gasteiger partial charge on any atom is 0.264 e. The molecule has 29 heavy (non-hydrogen) atoms. The summed E-state index contributed by atoms with van der Waals surface area (Å²) in [5, 5.41) is 0. The van der Waals surface area contributed by atoms with Crippen LogP contribution >= 0.6 is 11.8 Å². The van der Waals surface area contributed by atoms with Gasteiger partial charge in [-0.3, -0.25) is 9.54 Å². The van der Waals surface area contributed by atoms with Crippen LogP contribution in [0.3, 0.4) is 0 Å². The maximum absolute atomic E-state index is 11.6. The van der Waals surface area contributed by atoms with Gasteiger partial charge in [-0.15, -0.1) is 0 Å². The van der Waals surface area contributed by atoms with Gasteiger partial charge in [0, 0.05) is 16.0 Å². The van der Waals surface area contributed by atoms with Gasteiger partial charge in [-0.2, -0.15) is 8.42 Å². The first kappa shape index (κ1) is 19.9. The molecule has 1 aromatic heterocycles. The van der Waals surface area contributed by atoms with Crippen LogP contribution < -0.4 is 4.90 Å². The van der Waals surface area contributed by atoms with Crippen LogP contribution in [-0.4, -0.2) is 23.7 Å². The molecule has 3 aromatic rings. The van der Waals surface area contributed by atoms with Crippen molar-refractivity contribution in [3.63, 3.8) is 0 Å². The van der Waals surface area contributed by atoms with E-state index in [0.29, 0.717) is 0 Å². The van der Waals surface area contributed by atoms with Crippen molar-refractivity contribution in [2.45, 2.75) is 36.1 Å². The molecule has 0 spiro atoms. The predicted molar refractivity (Wildman–Crippen MR) is 117 cm³/mol. The minimum Gasteiger partial charge on any atom is -0.330 e. The van der Waals surface area contributed by atoms with E-state index in [2.05, 4.69) is 34.1 Å². The highest BCUT2D eigenvalue weighted by atomic mass is 32.2. The van der Waals surface area contributed by atoms with Crippen LogP contribution in [0.1, 0.15) is 29.3 Å². The minimum absolute atomic E-state index is 0.225. The number of hydrogen-bond donors (Lipinski definition) is 1. The Kier molecular flexibility index (Phi) is 5.38. The Labute approximate surface area is 175 Å². The fraction of sp³-hybridized carbons (Fsp3) is 0.227. The second-order valence-electron chi connectivity index (χ2n) is 7.21. The van der Waals surface area contributed by atoms with Gasteiger partial charge in [0.25, 0.3) is 10.1 Å². The summed E-state index contributed by atoms with van der Waals surface area (Å²) in [5.41, 5.74) is 4.96. The van der Waals surface area contributed by atoms with Gasteiger partial charge in [-0.1, -0.05) is 36.0 Å². The molecule has 1 aliphatic heterocycles. The van der Waals surface area contributed by atoms with E-state index in [1.54, 1.807) is 18.0 Å². The van der Waals surface area contributed by atoms with E-state index >= 15 is 0 Å². The first-order valence-corrected chi connectivity index (χ1v) is 11.8. The summed E-state index contributed by atoms with van der Waals surface area (Å²) in [5.74, 6) is -0.333. The van der Waals surface area contributed by atoms with Crippen LogP contribution in [0.5, 0.6) is 0 Å². The molecule has 0 bridgehead atoms. The van der Waals surface area contributed by atoms with Gasteiger partial charge in [-0.25, -0.2) is 0 Å². The van der Waals surface area contributed by atoms with Crippen LogP contribution in [0.25, 0.3) is 0 Å². The van der Waals surface area contributed by atoms with E-state index in [-0.39, 0.29) is 18.2 Å². The Morgan fingerprint density at radius 2 is 1.79 bits per heavy atom. The van der Waals surface area contributed by atoms with Gasteiger partial charge in [0.1, 0.15) is 0 Å². The van der Waals surface area contributed by atoms with Crippen LogP contribution in [0, 0.1) is 13.8 Å². The van der Waals surface area contributed by atoms with Gasteiger partial charge in [0.2, 0.25) is 0 Å². The number of aromatic nitrogens is 1. The lowest BCUT2D eigenvalue weighted by Crippen LogP contribution is -2.29. The molecule has 150 valence electrons. The van der Waals surface area contributed by atoms with Crippen LogP contribution in [0.4, 0.5) is 11.4 Å². The van der Waals surface area contributed by atoms with Gasteiger partial charge in [0.15, 0.2) is 0 Å². The molecule has 1 N–H and O–H groups in total. The Bertz CT molecular complexity index is 1160. The molecule has 0 saturated heterocycles. The summed E-state index contributed by atoms with van der Waals surface area (Å²) in [6.07, 6.45) is 1.95. The molecule has 1 atom stereocenters. The second-order valence-corrected chi connectivity index (χ2v) is 9.86. The Balaban J connectivity index is 1.92. The molecule has 0 aliphatic carbocycles. The molecular weight excluding hydrogens is 404 g/mol. The molecule has 1 unspecified atom stereocenters. The maximum atomic E-state index is 11.6. The highest BCUT2D eigenvalue weighted by molar-refractivity contribution is 7.99. The van der Waals surface area contributed by atoms with E-state index in [4.69, 9.17) is 0 Å². The van der Waals surface area contributed by atoms with E-state index in [1.165, 1.54) is 0 Å². The smallest absolute Gasteiger partial charge is 0.264 e. The Morgan fingerprint density at radius 3 is 2.55 bits per heavy atom. The average Bonchev–Trinajstić information content (AvgIpc) is 2.68. The number of para-hydroxylation sites is 1. The number of pyridine rings is 1. The summed E-state index contributed by atoms with van der Waals surface area (Å²) < 4.78 is 32.6. The van der Waals surface area contributed by atoms with Crippen LogP contribution in [0.15, 0.2) is 70.6 Å². The zero-order chi connectivity index (χ0) is 20.6. The number of anilines is 2. The van der Waals surface area contributed by atoms with Gasteiger partial charge in [-0.05, 0) is 61.7 Å². The van der Waals surface area contributed by atoms with Crippen molar-refractivity contribution in [3.8, 4) is 0 Å². The van der Waals surface area contributed by atoms with Crippen molar-refractivity contribution in [2.24, 2.45) is 0 Å². The molecule has 2 heterocycles. The van der Waals surface area contributed by atoms with Crippen molar-refractivity contribution in [3.05, 3.63) is 77.6 Å². The Hall–Kier alpha value is -2.35. The largest absolute Gasteiger partial charge is 0.330 e. The van der Waals surface area contributed by atoms with E-state index in [1.807, 2.05) is 44.2 Å². The normalized spacial score (nSPS) is 14.2. The summed E-state index contributed by atoms with van der Waals surface area (Å²) in [7, 11) is -4.10. The summed E-state index contributed by atoms with van der Waals surface area (Å²) >= 11 is 1.71. The predicted octanol–water partition coefficient (Wildman–Crippen LogP) is 5.32. The molecule has 1 aliphatic rings. The second kappa shape index (κ2) is 7.82. The van der Waals surface area contributed by atoms with Gasteiger partial charge in [0.05, 0.1) is 28.9 Å². The van der Waals surface area contributed by atoms with Crippen molar-refractivity contribution in [1.82, 2.24) is 4.98 Å². The number of aryl methyl sites for hydroxylation is 2. The number of nitrogens with zero attached hydrogens (tertiary/aromatic N) is 2. The quantitative estimate of drug-likeness (QED) is 0.557. The van der Waals surface area contributed by atoms with E-state index in [9.17, 15) is 13.0 Å². The average molecular weight is 427 g/mol. The van der Waals surface area contributed by atoms with Crippen molar-refractivity contribution in [2.75, 3.05) is 10.7 Å². The van der Waals surface area contributed by atoms with Gasteiger partial charge < -0.3 is 4.90 Å². The van der Waals surface area contributed by atoms with Gasteiger partial charge >= 0.3 is 0 Å². The lowest BCUT2D eigenvalue weighted by Gasteiger charge is -2.39. The highest BCUT2D eigenvalue weighted by Crippen LogP contribution is 2.52. The number of benzene rings is 2. The van der Waals surface area contributed by atoms with Crippen LogP contribution in [0.2, 0.25) is 0 Å². The molecule has 2 aromatic carbocycles. The molecule has 0 radical (unpaired) electrons. The number of hydrogen-bond acceptors (Lipinski definition) is 5. The third-order valence-electron chi connectivity index (χ3n) is 5.05. The molecule has 4 rings (SSSR count). The summed E-state index contributed by atoms with van der Waals surface area (Å²) in [6, 6.07) is 17.9.